The van der Waals surface area contributed by atoms with Gasteiger partial charge in [-0.3, -0.25) is 4.79 Å². The first-order chi connectivity index (χ1) is 13.2. The smallest absolute Gasteiger partial charge is 0.258 e. The van der Waals surface area contributed by atoms with Gasteiger partial charge in [0.05, 0.1) is 16.7 Å². The fraction of sp³-hybridized carbons (Fsp3) is 0.158. The van der Waals surface area contributed by atoms with Crippen molar-refractivity contribution in [2.24, 2.45) is 0 Å². The van der Waals surface area contributed by atoms with E-state index in [0.717, 1.165) is 21.6 Å². The molecule has 27 heavy (non-hydrogen) atoms. The summed E-state index contributed by atoms with van der Waals surface area (Å²) in [5.74, 6) is 1.16. The number of rotatable bonds is 6. The topological polar surface area (TPSA) is 83.6 Å². The number of aromatic amines is 1. The second kappa shape index (κ2) is 7.89. The molecule has 0 saturated carbocycles. The van der Waals surface area contributed by atoms with Crippen LogP contribution < -0.4 is 10.9 Å². The van der Waals surface area contributed by atoms with E-state index in [2.05, 4.69) is 44.5 Å². The molecule has 0 amide bonds. The van der Waals surface area contributed by atoms with Crippen molar-refractivity contribution in [1.82, 2.24) is 20.2 Å². The van der Waals surface area contributed by atoms with Gasteiger partial charge in [0.25, 0.3) is 5.56 Å². The summed E-state index contributed by atoms with van der Waals surface area (Å²) in [6.07, 6.45) is 1.02. The third-order valence-corrected chi connectivity index (χ3v) is 6.00. The summed E-state index contributed by atoms with van der Waals surface area (Å²) in [5.41, 5.74) is 2.87. The van der Waals surface area contributed by atoms with Crippen LogP contribution in [-0.2, 0) is 12.2 Å². The lowest BCUT2D eigenvalue weighted by molar-refractivity contribution is 1.00. The predicted molar refractivity (Wildman–Crippen MR) is 111 cm³/mol. The van der Waals surface area contributed by atoms with Crippen molar-refractivity contribution >= 4 is 44.8 Å². The van der Waals surface area contributed by atoms with Crippen LogP contribution in [0, 0.1) is 0 Å². The molecule has 8 heteroatoms. The fourth-order valence-electron chi connectivity index (χ4n) is 2.60. The van der Waals surface area contributed by atoms with Gasteiger partial charge in [0.1, 0.15) is 5.82 Å². The Morgan fingerprint density at radius 1 is 1.11 bits per heavy atom. The van der Waals surface area contributed by atoms with Crippen LogP contribution in [0.2, 0.25) is 0 Å². The largest absolute Gasteiger partial charge is 0.330 e. The predicted octanol–water partition coefficient (Wildman–Crippen LogP) is 4.37. The number of aryl methyl sites for hydroxylation is 1. The Morgan fingerprint density at radius 3 is 2.74 bits per heavy atom. The molecule has 0 aliphatic carbocycles. The van der Waals surface area contributed by atoms with Crippen LogP contribution >= 0.6 is 23.1 Å². The quantitative estimate of drug-likeness (QED) is 0.472. The average molecular weight is 396 g/mol. The van der Waals surface area contributed by atoms with Gasteiger partial charge in [0, 0.05) is 5.69 Å². The maximum atomic E-state index is 12.1. The molecule has 0 radical (unpaired) electrons. The van der Waals surface area contributed by atoms with Crippen LogP contribution in [0.15, 0.2) is 57.7 Å². The molecular weight excluding hydrogens is 378 g/mol. The van der Waals surface area contributed by atoms with Crippen molar-refractivity contribution in [1.29, 1.82) is 0 Å². The number of benzene rings is 2. The minimum absolute atomic E-state index is 0.119. The van der Waals surface area contributed by atoms with Crippen LogP contribution in [-0.4, -0.2) is 20.2 Å². The second-order valence-electron chi connectivity index (χ2n) is 5.87. The van der Waals surface area contributed by atoms with E-state index < -0.39 is 0 Å². The summed E-state index contributed by atoms with van der Waals surface area (Å²) in [7, 11) is 0. The summed E-state index contributed by atoms with van der Waals surface area (Å²) in [4.78, 5) is 19.5. The number of thioether (sulfide) groups is 1. The van der Waals surface area contributed by atoms with Crippen LogP contribution in [0.1, 0.15) is 18.3 Å². The van der Waals surface area contributed by atoms with Gasteiger partial charge in [0.2, 0.25) is 5.13 Å². The van der Waals surface area contributed by atoms with Crippen molar-refractivity contribution < 1.29 is 0 Å². The molecule has 6 nitrogen and oxygen atoms in total. The highest BCUT2D eigenvalue weighted by Gasteiger charge is 2.08. The number of hydrogen-bond acceptors (Lipinski definition) is 7. The molecule has 0 saturated heterocycles. The lowest BCUT2D eigenvalue weighted by Gasteiger charge is -2.02. The molecule has 136 valence electrons. The summed E-state index contributed by atoms with van der Waals surface area (Å²) < 4.78 is 0.818. The lowest BCUT2D eigenvalue weighted by atomic mass is 10.1. The SMILES string of the molecule is CCc1ccc(Nc2nnc(SCc3nc4ccccc4c(=O)[nH]3)s2)cc1. The van der Waals surface area contributed by atoms with Crippen molar-refractivity contribution in [3.63, 3.8) is 0 Å². The van der Waals surface area contributed by atoms with Crippen molar-refractivity contribution in [3.05, 3.63) is 70.3 Å². The zero-order valence-corrected chi connectivity index (χ0v) is 16.2. The van der Waals surface area contributed by atoms with Crippen LogP contribution in [0.5, 0.6) is 0 Å². The van der Waals surface area contributed by atoms with Crippen LogP contribution in [0.4, 0.5) is 10.8 Å². The highest BCUT2D eigenvalue weighted by molar-refractivity contribution is 8.00. The van der Waals surface area contributed by atoms with Crippen LogP contribution in [0.3, 0.4) is 0 Å². The maximum absolute atomic E-state index is 12.1. The molecule has 0 bridgehead atoms. The number of aromatic nitrogens is 4. The molecule has 2 N–H and O–H groups in total. The third-order valence-electron chi connectivity index (χ3n) is 4.01. The zero-order chi connectivity index (χ0) is 18.6. The van der Waals surface area contributed by atoms with E-state index in [1.165, 1.54) is 28.7 Å². The monoisotopic (exact) mass is 395 g/mol. The Kier molecular flexibility index (Phi) is 5.17. The van der Waals surface area contributed by atoms with Crippen LogP contribution in [0.25, 0.3) is 10.9 Å². The molecule has 0 spiro atoms. The first-order valence-corrected chi connectivity index (χ1v) is 10.3. The van der Waals surface area contributed by atoms with Gasteiger partial charge in [-0.2, -0.15) is 0 Å². The number of nitrogens with one attached hydrogen (secondary N) is 2. The number of fused-ring (bicyclic) bond motifs is 1. The number of H-pyrrole nitrogens is 1. The normalized spacial score (nSPS) is 11.0. The lowest BCUT2D eigenvalue weighted by Crippen LogP contribution is -2.11. The Balaban J connectivity index is 1.43. The first-order valence-electron chi connectivity index (χ1n) is 8.51. The highest BCUT2D eigenvalue weighted by atomic mass is 32.2. The fourth-order valence-corrected chi connectivity index (χ4v) is 4.24. The first kappa shape index (κ1) is 17.7. The summed E-state index contributed by atoms with van der Waals surface area (Å²) in [5, 5.41) is 13.0. The minimum Gasteiger partial charge on any atom is -0.330 e. The van der Waals surface area contributed by atoms with E-state index >= 15 is 0 Å². The molecule has 0 aliphatic rings. The highest BCUT2D eigenvalue weighted by Crippen LogP contribution is 2.29. The Labute approximate surface area is 164 Å². The van der Waals surface area contributed by atoms with E-state index in [9.17, 15) is 4.79 Å². The number of para-hydroxylation sites is 1. The van der Waals surface area contributed by atoms with Crippen molar-refractivity contribution in [3.8, 4) is 0 Å². The Hall–Kier alpha value is -2.71. The van der Waals surface area contributed by atoms with E-state index in [4.69, 9.17) is 0 Å². The number of nitrogens with zero attached hydrogens (tertiary/aromatic N) is 3. The van der Waals surface area contributed by atoms with E-state index in [1.54, 1.807) is 6.07 Å². The molecule has 0 aliphatic heterocycles. The van der Waals surface area contributed by atoms with Crippen molar-refractivity contribution in [2.45, 2.75) is 23.4 Å². The van der Waals surface area contributed by atoms with Gasteiger partial charge >= 0.3 is 0 Å². The average Bonchev–Trinajstić information content (AvgIpc) is 3.14. The number of anilines is 2. The van der Waals surface area contributed by atoms with E-state index in [0.29, 0.717) is 22.5 Å². The minimum atomic E-state index is -0.119. The standard InChI is InChI=1S/C19H17N5OS2/c1-2-12-7-9-13(10-8-12)20-18-23-24-19(27-18)26-11-16-21-15-6-4-3-5-14(15)17(25)22-16/h3-10H,2,11H2,1H3,(H,20,23)(H,21,22,25). The van der Waals surface area contributed by atoms with Gasteiger partial charge < -0.3 is 10.3 Å². The van der Waals surface area contributed by atoms with Crippen molar-refractivity contribution in [2.75, 3.05) is 5.32 Å². The van der Waals surface area contributed by atoms with E-state index in [-0.39, 0.29) is 5.56 Å². The summed E-state index contributed by atoms with van der Waals surface area (Å²) in [6.45, 7) is 2.13. The molecule has 0 unspecified atom stereocenters. The molecular formula is C19H17N5OS2. The molecule has 2 aromatic carbocycles. The zero-order valence-electron chi connectivity index (χ0n) is 14.6. The Morgan fingerprint density at radius 2 is 1.93 bits per heavy atom. The molecule has 0 fully saturated rings. The molecule has 0 atom stereocenters. The number of hydrogen-bond donors (Lipinski definition) is 2. The molecule has 4 aromatic rings. The molecule has 2 heterocycles. The third kappa shape index (κ3) is 4.17. The van der Waals surface area contributed by atoms with Gasteiger partial charge in [-0.15, -0.1) is 10.2 Å². The summed E-state index contributed by atoms with van der Waals surface area (Å²) >= 11 is 2.98. The molecule has 2 aromatic heterocycles. The Bertz CT molecular complexity index is 1120. The van der Waals surface area contributed by atoms with Gasteiger partial charge in [-0.1, -0.05) is 54.3 Å². The van der Waals surface area contributed by atoms with Gasteiger partial charge in [-0.05, 0) is 36.2 Å². The summed E-state index contributed by atoms with van der Waals surface area (Å²) in [6, 6.07) is 15.6. The molecule has 4 rings (SSSR count). The maximum Gasteiger partial charge on any atom is 0.258 e. The van der Waals surface area contributed by atoms with Gasteiger partial charge in [0.15, 0.2) is 4.34 Å². The second-order valence-corrected chi connectivity index (χ2v) is 8.07. The van der Waals surface area contributed by atoms with E-state index in [1.807, 2.05) is 30.3 Å². The van der Waals surface area contributed by atoms with Gasteiger partial charge in [-0.25, -0.2) is 4.98 Å².